The number of hydrogen-bond acceptors (Lipinski definition) is 7. The zero-order valence-electron chi connectivity index (χ0n) is 11.6. The Hall–Kier alpha value is -2.74. The molecule has 8 heteroatoms. The standard InChI is InChI=1S/C14H12N6OS/c1-22-14-18-13(11(12(15)21)19-20-14)17-9-4-5-10-8(7-9)3-2-6-16-10/h2-7H,1H3,(H2,15,21)(H,17,18,20). The molecule has 0 aliphatic carbocycles. The smallest absolute Gasteiger partial charge is 0.273 e. The molecule has 3 N–H and O–H groups in total. The van der Waals surface area contributed by atoms with Crippen molar-refractivity contribution >= 4 is 40.1 Å². The van der Waals surface area contributed by atoms with E-state index in [1.54, 1.807) is 6.20 Å². The number of nitrogens with two attached hydrogens (primary N) is 1. The van der Waals surface area contributed by atoms with Crippen LogP contribution in [0.1, 0.15) is 10.5 Å². The first-order chi connectivity index (χ1) is 10.7. The van der Waals surface area contributed by atoms with E-state index in [0.29, 0.717) is 5.16 Å². The molecule has 0 aliphatic heterocycles. The number of primary amides is 1. The van der Waals surface area contributed by atoms with Crippen LogP contribution in [0.4, 0.5) is 11.5 Å². The third kappa shape index (κ3) is 2.82. The van der Waals surface area contributed by atoms with Gasteiger partial charge in [-0.2, -0.15) is 0 Å². The minimum atomic E-state index is -0.683. The van der Waals surface area contributed by atoms with Crippen LogP contribution in [-0.4, -0.2) is 32.3 Å². The van der Waals surface area contributed by atoms with Gasteiger partial charge in [0.2, 0.25) is 5.16 Å². The molecule has 0 fully saturated rings. The average molecular weight is 312 g/mol. The molecule has 2 aromatic heterocycles. The van der Waals surface area contributed by atoms with E-state index < -0.39 is 5.91 Å². The van der Waals surface area contributed by atoms with Crippen molar-refractivity contribution in [2.24, 2.45) is 5.73 Å². The molecule has 22 heavy (non-hydrogen) atoms. The van der Waals surface area contributed by atoms with Crippen LogP contribution >= 0.6 is 11.8 Å². The number of hydrogen-bond donors (Lipinski definition) is 2. The zero-order chi connectivity index (χ0) is 15.5. The molecule has 2 heterocycles. The van der Waals surface area contributed by atoms with Crippen molar-refractivity contribution in [2.45, 2.75) is 5.16 Å². The normalized spacial score (nSPS) is 10.6. The lowest BCUT2D eigenvalue weighted by Gasteiger charge is -2.09. The number of benzene rings is 1. The lowest BCUT2D eigenvalue weighted by Crippen LogP contribution is -2.17. The van der Waals surface area contributed by atoms with Crippen LogP contribution in [-0.2, 0) is 0 Å². The van der Waals surface area contributed by atoms with E-state index in [1.165, 1.54) is 11.8 Å². The van der Waals surface area contributed by atoms with Crippen molar-refractivity contribution < 1.29 is 4.79 Å². The molecule has 0 spiro atoms. The van der Waals surface area contributed by atoms with Crippen molar-refractivity contribution in [3.63, 3.8) is 0 Å². The Kier molecular flexibility index (Phi) is 3.84. The van der Waals surface area contributed by atoms with Gasteiger partial charge < -0.3 is 11.1 Å². The highest BCUT2D eigenvalue weighted by atomic mass is 32.2. The first-order valence-corrected chi connectivity index (χ1v) is 7.60. The lowest BCUT2D eigenvalue weighted by atomic mass is 10.2. The number of aromatic nitrogens is 4. The number of carbonyl (C=O) groups excluding carboxylic acids is 1. The molecular weight excluding hydrogens is 300 g/mol. The average Bonchev–Trinajstić information content (AvgIpc) is 2.54. The number of nitrogens with one attached hydrogen (secondary N) is 1. The third-order valence-corrected chi connectivity index (χ3v) is 3.49. The molecule has 3 aromatic rings. The maximum atomic E-state index is 11.4. The Morgan fingerprint density at radius 1 is 1.27 bits per heavy atom. The van der Waals surface area contributed by atoms with Gasteiger partial charge >= 0.3 is 0 Å². The summed E-state index contributed by atoms with van der Waals surface area (Å²) in [5, 5.41) is 12.1. The molecule has 7 nitrogen and oxygen atoms in total. The van der Waals surface area contributed by atoms with Crippen LogP contribution in [0.5, 0.6) is 0 Å². The van der Waals surface area contributed by atoms with Crippen molar-refractivity contribution in [1.29, 1.82) is 0 Å². The number of fused-ring (bicyclic) bond motifs is 1. The second-order valence-electron chi connectivity index (χ2n) is 4.40. The summed E-state index contributed by atoms with van der Waals surface area (Å²) in [6, 6.07) is 9.45. The predicted octanol–water partition coefficient (Wildman–Crippen LogP) is 1.98. The maximum Gasteiger partial charge on any atom is 0.273 e. The minimum Gasteiger partial charge on any atom is -0.364 e. The fourth-order valence-corrected chi connectivity index (χ4v) is 2.25. The highest BCUT2D eigenvalue weighted by molar-refractivity contribution is 7.98. The largest absolute Gasteiger partial charge is 0.364 e. The van der Waals surface area contributed by atoms with Crippen LogP contribution in [0.2, 0.25) is 0 Å². The number of rotatable bonds is 4. The molecule has 1 aromatic carbocycles. The molecule has 0 aliphatic rings. The Labute approximate surface area is 130 Å². The number of anilines is 2. The number of carbonyl (C=O) groups is 1. The number of thioether (sulfide) groups is 1. The van der Waals surface area contributed by atoms with Crippen LogP contribution in [0.3, 0.4) is 0 Å². The summed E-state index contributed by atoms with van der Waals surface area (Å²) in [4.78, 5) is 20.0. The molecule has 3 rings (SSSR count). The summed E-state index contributed by atoms with van der Waals surface area (Å²) in [7, 11) is 0. The Morgan fingerprint density at radius 3 is 2.91 bits per heavy atom. The molecule has 0 saturated carbocycles. The molecule has 0 unspecified atom stereocenters. The van der Waals surface area contributed by atoms with Crippen molar-refractivity contribution in [3.8, 4) is 0 Å². The van der Waals surface area contributed by atoms with Crippen LogP contribution in [0.25, 0.3) is 10.9 Å². The van der Waals surface area contributed by atoms with Gasteiger partial charge in [0.15, 0.2) is 11.5 Å². The van der Waals surface area contributed by atoms with Gasteiger partial charge in [-0.05, 0) is 30.5 Å². The van der Waals surface area contributed by atoms with E-state index in [4.69, 9.17) is 5.73 Å². The topological polar surface area (TPSA) is 107 Å². The van der Waals surface area contributed by atoms with Gasteiger partial charge in [-0.25, -0.2) is 4.98 Å². The summed E-state index contributed by atoms with van der Waals surface area (Å²) in [6.07, 6.45) is 3.56. The Bertz CT molecular complexity index is 854. The van der Waals surface area contributed by atoms with E-state index in [-0.39, 0.29) is 11.5 Å². The van der Waals surface area contributed by atoms with E-state index >= 15 is 0 Å². The molecular formula is C14H12N6OS. The van der Waals surface area contributed by atoms with E-state index in [0.717, 1.165) is 16.6 Å². The van der Waals surface area contributed by atoms with Crippen LogP contribution in [0.15, 0.2) is 41.7 Å². The zero-order valence-corrected chi connectivity index (χ0v) is 12.5. The molecule has 0 atom stereocenters. The van der Waals surface area contributed by atoms with E-state index in [1.807, 2.05) is 36.6 Å². The van der Waals surface area contributed by atoms with Crippen molar-refractivity contribution in [2.75, 3.05) is 11.6 Å². The van der Waals surface area contributed by atoms with Gasteiger partial charge in [-0.3, -0.25) is 9.78 Å². The molecule has 0 bridgehead atoms. The van der Waals surface area contributed by atoms with Crippen molar-refractivity contribution in [1.82, 2.24) is 20.2 Å². The van der Waals surface area contributed by atoms with Crippen molar-refractivity contribution in [3.05, 3.63) is 42.2 Å². The minimum absolute atomic E-state index is 0.00378. The monoisotopic (exact) mass is 312 g/mol. The summed E-state index contributed by atoms with van der Waals surface area (Å²) < 4.78 is 0. The number of amides is 1. The Morgan fingerprint density at radius 2 is 2.14 bits per heavy atom. The second kappa shape index (κ2) is 5.94. The molecule has 1 amide bonds. The van der Waals surface area contributed by atoms with Crippen LogP contribution < -0.4 is 11.1 Å². The number of nitrogens with zero attached hydrogens (tertiary/aromatic N) is 4. The van der Waals surface area contributed by atoms with Gasteiger partial charge in [-0.15, -0.1) is 10.2 Å². The van der Waals surface area contributed by atoms with Crippen LogP contribution in [0, 0.1) is 0 Å². The highest BCUT2D eigenvalue weighted by Gasteiger charge is 2.14. The number of pyridine rings is 1. The van der Waals surface area contributed by atoms with E-state index in [9.17, 15) is 4.79 Å². The van der Waals surface area contributed by atoms with Gasteiger partial charge in [0.1, 0.15) is 0 Å². The molecule has 0 radical (unpaired) electrons. The van der Waals surface area contributed by atoms with Gasteiger partial charge in [0.05, 0.1) is 5.52 Å². The first kappa shape index (κ1) is 14.2. The maximum absolute atomic E-state index is 11.4. The third-order valence-electron chi connectivity index (χ3n) is 2.95. The molecule has 0 saturated heterocycles. The predicted molar refractivity (Wildman–Crippen MR) is 85.2 cm³/mol. The molecule has 110 valence electrons. The fourth-order valence-electron chi connectivity index (χ4n) is 1.94. The Balaban J connectivity index is 2.01. The van der Waals surface area contributed by atoms with E-state index in [2.05, 4.69) is 25.5 Å². The lowest BCUT2D eigenvalue weighted by molar-refractivity contribution is 0.0995. The quantitative estimate of drug-likeness (QED) is 0.709. The van der Waals surface area contributed by atoms with Gasteiger partial charge in [0, 0.05) is 17.3 Å². The first-order valence-electron chi connectivity index (χ1n) is 6.37. The van der Waals surface area contributed by atoms with Gasteiger partial charge in [-0.1, -0.05) is 17.8 Å². The second-order valence-corrected chi connectivity index (χ2v) is 5.17. The summed E-state index contributed by atoms with van der Waals surface area (Å²) in [5.41, 5.74) is 6.96. The SMILES string of the molecule is CSc1nnc(C(N)=O)c(Nc2ccc3ncccc3c2)n1. The summed E-state index contributed by atoms with van der Waals surface area (Å²) in [6.45, 7) is 0. The summed E-state index contributed by atoms with van der Waals surface area (Å²) >= 11 is 1.33. The van der Waals surface area contributed by atoms with Gasteiger partial charge in [0.25, 0.3) is 5.91 Å². The summed E-state index contributed by atoms with van der Waals surface area (Å²) in [5.74, 6) is -0.396. The fraction of sp³-hybridized carbons (Fsp3) is 0.0714. The highest BCUT2D eigenvalue weighted by Crippen LogP contribution is 2.22.